The predicted molar refractivity (Wildman–Crippen MR) is 86.6 cm³/mol. The van der Waals surface area contributed by atoms with Crippen LogP contribution in [0.4, 0.5) is 0 Å². The van der Waals surface area contributed by atoms with Gasteiger partial charge in [0.25, 0.3) is 5.91 Å². The van der Waals surface area contributed by atoms with Crippen molar-refractivity contribution < 1.29 is 4.79 Å². The zero-order valence-corrected chi connectivity index (χ0v) is 14.0. The molecule has 2 aliphatic heterocycles. The molecule has 24 heavy (non-hydrogen) atoms. The van der Waals surface area contributed by atoms with Crippen molar-refractivity contribution in [2.75, 3.05) is 0 Å². The SMILES string of the molecule is CC(C)Cn1nc2n(c1=O)C[C@H]1CC[C@@H](C2)N1C(=O)c1ccn[nH]1. The van der Waals surface area contributed by atoms with Crippen LogP contribution in [-0.2, 0) is 19.5 Å². The van der Waals surface area contributed by atoms with Crippen LogP contribution in [0.1, 0.15) is 43.0 Å². The van der Waals surface area contributed by atoms with Gasteiger partial charge in [0.1, 0.15) is 11.5 Å². The Hall–Kier alpha value is -2.38. The quantitative estimate of drug-likeness (QED) is 0.895. The Kier molecular flexibility index (Phi) is 3.54. The molecule has 2 bridgehead atoms. The number of aromatic nitrogens is 5. The summed E-state index contributed by atoms with van der Waals surface area (Å²) < 4.78 is 3.34. The monoisotopic (exact) mass is 330 g/mol. The van der Waals surface area contributed by atoms with Crippen molar-refractivity contribution in [3.05, 3.63) is 34.3 Å². The van der Waals surface area contributed by atoms with E-state index >= 15 is 0 Å². The highest BCUT2D eigenvalue weighted by Crippen LogP contribution is 2.31. The lowest BCUT2D eigenvalue weighted by molar-refractivity contribution is 0.0658. The average Bonchev–Trinajstić information content (AvgIpc) is 3.20. The van der Waals surface area contributed by atoms with Crippen LogP contribution in [0.2, 0.25) is 0 Å². The van der Waals surface area contributed by atoms with Crippen molar-refractivity contribution in [3.63, 3.8) is 0 Å². The van der Waals surface area contributed by atoms with Crippen LogP contribution in [-0.4, -0.2) is 47.4 Å². The Balaban J connectivity index is 1.65. The van der Waals surface area contributed by atoms with Gasteiger partial charge in [0.2, 0.25) is 0 Å². The fraction of sp³-hybridized carbons (Fsp3) is 0.625. The lowest BCUT2D eigenvalue weighted by Gasteiger charge is -2.27. The molecule has 0 unspecified atom stereocenters. The third-order valence-corrected chi connectivity index (χ3v) is 4.93. The van der Waals surface area contributed by atoms with E-state index in [4.69, 9.17) is 0 Å². The number of carbonyl (C=O) groups excluding carboxylic acids is 1. The van der Waals surface area contributed by atoms with Gasteiger partial charge in [-0.2, -0.15) is 10.2 Å². The second kappa shape index (κ2) is 5.61. The summed E-state index contributed by atoms with van der Waals surface area (Å²) in [7, 11) is 0. The summed E-state index contributed by atoms with van der Waals surface area (Å²) in [5, 5.41) is 11.2. The van der Waals surface area contributed by atoms with Gasteiger partial charge in [-0.3, -0.25) is 14.5 Å². The minimum Gasteiger partial charge on any atom is -0.329 e. The smallest absolute Gasteiger partial charge is 0.329 e. The first-order valence-electron chi connectivity index (χ1n) is 8.53. The number of aromatic amines is 1. The van der Waals surface area contributed by atoms with Crippen LogP contribution in [0.25, 0.3) is 0 Å². The molecule has 0 aromatic carbocycles. The van der Waals surface area contributed by atoms with E-state index in [0.29, 0.717) is 31.1 Å². The molecule has 2 aromatic heterocycles. The molecule has 8 nitrogen and oxygen atoms in total. The highest BCUT2D eigenvalue weighted by Gasteiger charge is 2.41. The first-order valence-corrected chi connectivity index (χ1v) is 8.53. The molecular weight excluding hydrogens is 308 g/mol. The van der Waals surface area contributed by atoms with E-state index in [0.717, 1.165) is 18.7 Å². The molecule has 2 aliphatic rings. The Morgan fingerprint density at radius 3 is 2.88 bits per heavy atom. The summed E-state index contributed by atoms with van der Waals surface area (Å²) in [6.45, 7) is 5.31. The van der Waals surface area contributed by atoms with Crippen molar-refractivity contribution in [1.29, 1.82) is 0 Å². The summed E-state index contributed by atoms with van der Waals surface area (Å²) in [6.07, 6.45) is 4.10. The van der Waals surface area contributed by atoms with Crippen molar-refractivity contribution >= 4 is 5.91 Å². The van der Waals surface area contributed by atoms with Crippen LogP contribution in [0.5, 0.6) is 0 Å². The van der Waals surface area contributed by atoms with Crippen LogP contribution < -0.4 is 5.69 Å². The zero-order valence-electron chi connectivity index (χ0n) is 14.0. The number of rotatable bonds is 3. The van der Waals surface area contributed by atoms with Gasteiger partial charge in [-0.15, -0.1) is 0 Å². The van der Waals surface area contributed by atoms with E-state index in [1.165, 1.54) is 0 Å². The number of nitrogens with one attached hydrogen (secondary N) is 1. The Morgan fingerprint density at radius 1 is 1.38 bits per heavy atom. The summed E-state index contributed by atoms with van der Waals surface area (Å²) in [4.78, 5) is 27.3. The van der Waals surface area contributed by atoms with Crippen molar-refractivity contribution in [3.8, 4) is 0 Å². The maximum Gasteiger partial charge on any atom is 0.345 e. The van der Waals surface area contributed by atoms with Gasteiger partial charge in [-0.25, -0.2) is 9.48 Å². The molecule has 0 aliphatic carbocycles. The van der Waals surface area contributed by atoms with Crippen molar-refractivity contribution in [2.45, 2.75) is 58.3 Å². The van der Waals surface area contributed by atoms with E-state index < -0.39 is 0 Å². The van der Waals surface area contributed by atoms with E-state index in [9.17, 15) is 9.59 Å². The minimum atomic E-state index is -0.0554. The average molecular weight is 330 g/mol. The first kappa shape index (κ1) is 15.2. The van der Waals surface area contributed by atoms with Gasteiger partial charge in [0.15, 0.2) is 0 Å². The maximum absolute atomic E-state index is 12.8. The van der Waals surface area contributed by atoms with Gasteiger partial charge >= 0.3 is 5.69 Å². The normalized spacial score (nSPS) is 22.7. The molecule has 4 rings (SSSR count). The molecule has 0 spiro atoms. The fourth-order valence-electron chi connectivity index (χ4n) is 3.89. The van der Waals surface area contributed by atoms with Crippen molar-refractivity contribution in [1.82, 2.24) is 29.4 Å². The van der Waals surface area contributed by atoms with E-state index in [1.807, 2.05) is 4.90 Å². The Morgan fingerprint density at radius 2 is 2.17 bits per heavy atom. The number of H-pyrrole nitrogens is 1. The second-order valence-corrected chi connectivity index (χ2v) is 7.16. The van der Waals surface area contributed by atoms with Gasteiger partial charge in [-0.1, -0.05) is 13.8 Å². The molecule has 1 saturated heterocycles. The Bertz CT molecular complexity index is 803. The molecule has 4 heterocycles. The van der Waals surface area contributed by atoms with Gasteiger partial charge in [0.05, 0.1) is 6.04 Å². The van der Waals surface area contributed by atoms with Crippen LogP contribution in [0, 0.1) is 5.92 Å². The molecule has 128 valence electrons. The molecule has 2 atom stereocenters. The summed E-state index contributed by atoms with van der Waals surface area (Å²) >= 11 is 0. The molecule has 1 N–H and O–H groups in total. The fourth-order valence-corrected chi connectivity index (χ4v) is 3.89. The number of nitrogens with zero attached hydrogens (tertiary/aromatic N) is 5. The third-order valence-electron chi connectivity index (χ3n) is 4.93. The molecule has 2 aromatic rings. The van der Waals surface area contributed by atoms with E-state index in [2.05, 4.69) is 29.1 Å². The molecule has 0 saturated carbocycles. The topological polar surface area (TPSA) is 88.8 Å². The van der Waals surface area contributed by atoms with E-state index in [-0.39, 0.29) is 23.7 Å². The van der Waals surface area contributed by atoms with Crippen molar-refractivity contribution in [2.24, 2.45) is 5.92 Å². The molecule has 1 fully saturated rings. The number of hydrogen-bond acceptors (Lipinski definition) is 4. The van der Waals surface area contributed by atoms with Crippen LogP contribution in [0.3, 0.4) is 0 Å². The van der Waals surface area contributed by atoms with Gasteiger partial charge < -0.3 is 4.90 Å². The third kappa shape index (κ3) is 2.37. The van der Waals surface area contributed by atoms with Crippen LogP contribution >= 0.6 is 0 Å². The van der Waals surface area contributed by atoms with Gasteiger partial charge in [0, 0.05) is 31.7 Å². The van der Waals surface area contributed by atoms with E-state index in [1.54, 1.807) is 21.5 Å². The number of carbonyl (C=O) groups is 1. The minimum absolute atomic E-state index is 0.0340. The second-order valence-electron chi connectivity index (χ2n) is 7.16. The summed E-state index contributed by atoms with van der Waals surface area (Å²) in [6, 6.07) is 1.84. The first-order chi connectivity index (χ1) is 11.5. The number of hydrogen-bond donors (Lipinski definition) is 1. The standard InChI is InChI=1S/C16H22N6O2/c1-10(2)8-21-16(24)20-9-12-4-3-11(7-14(20)19-21)22(12)15(23)13-5-6-17-18-13/h5-6,10-12H,3-4,7-9H2,1-2H3,(H,17,18)/t11-,12+/m0/s1. The number of fused-ring (bicyclic) bond motifs is 3. The highest BCUT2D eigenvalue weighted by molar-refractivity contribution is 5.92. The molecule has 8 heteroatoms. The summed E-state index contributed by atoms with van der Waals surface area (Å²) in [5.41, 5.74) is 0.448. The zero-order chi connectivity index (χ0) is 16.8. The highest BCUT2D eigenvalue weighted by atomic mass is 16.2. The lowest BCUT2D eigenvalue weighted by Crippen LogP contribution is -2.43. The molecular formula is C16H22N6O2. The summed E-state index contributed by atoms with van der Waals surface area (Å²) in [5.74, 6) is 1.14. The van der Waals surface area contributed by atoms with Gasteiger partial charge in [-0.05, 0) is 24.8 Å². The Labute approximate surface area is 139 Å². The molecule has 1 amide bonds. The lowest BCUT2D eigenvalue weighted by atomic mass is 10.1. The molecule has 0 radical (unpaired) electrons. The number of amides is 1. The largest absolute Gasteiger partial charge is 0.345 e. The maximum atomic E-state index is 12.8. The van der Waals surface area contributed by atoms with Crippen LogP contribution in [0.15, 0.2) is 17.1 Å². The predicted octanol–water partition coefficient (Wildman–Crippen LogP) is 0.653.